The van der Waals surface area contributed by atoms with Gasteiger partial charge in [0, 0.05) is 11.1 Å². The minimum atomic E-state index is -1.07. The molecule has 0 aromatic heterocycles. The number of halogens is 1. The number of carbonyl (C=O) groups is 2. The number of carbonyl (C=O) groups excluding carboxylic acids is 1. The first kappa shape index (κ1) is 24.6. The van der Waals surface area contributed by atoms with E-state index in [0.29, 0.717) is 52.5 Å². The van der Waals surface area contributed by atoms with Gasteiger partial charge in [0.2, 0.25) is 0 Å². The van der Waals surface area contributed by atoms with Crippen LogP contribution < -0.4 is 9.47 Å². The van der Waals surface area contributed by atoms with Crippen LogP contribution in [0, 0.1) is 0 Å². The van der Waals surface area contributed by atoms with Crippen LogP contribution in [0.4, 0.5) is 4.79 Å². The monoisotopic (exact) mass is 495 g/mol. The van der Waals surface area contributed by atoms with Crippen molar-refractivity contribution >= 4 is 24.0 Å². The first-order valence-electron chi connectivity index (χ1n) is 11.2. The van der Waals surface area contributed by atoms with E-state index < -0.39 is 12.2 Å². The summed E-state index contributed by atoms with van der Waals surface area (Å²) >= 11 is 5.92. The summed E-state index contributed by atoms with van der Waals surface area (Å²) in [6, 6.07) is 17.2. The Morgan fingerprint density at radius 1 is 1.11 bits per heavy atom. The van der Waals surface area contributed by atoms with E-state index in [1.165, 1.54) is 12.0 Å². The second-order valence-corrected chi connectivity index (χ2v) is 8.89. The number of amides is 1. The number of aliphatic hydroxyl groups is 1. The quantitative estimate of drug-likeness (QED) is 0.399. The highest BCUT2D eigenvalue weighted by atomic mass is 35.5. The molecule has 1 aliphatic rings. The van der Waals surface area contributed by atoms with Crippen LogP contribution in [0.2, 0.25) is 5.02 Å². The standard InChI is InChI=1S/C27H26ClNO6/c1-34-26-11-10-24(14-20(26)16-30)35-23-9-5-17-4-8-22(12-19(17)13-23)29(27(32)33)15-25(31)18-2-6-21(28)7-3-18/h2-3,5-7,9-11,13-14,16,22,25,31H,4,8,12,15H2,1H3,(H,32,33)/t22-,25-/m0/s1. The van der Waals surface area contributed by atoms with Crippen LogP contribution in [0.5, 0.6) is 17.2 Å². The van der Waals surface area contributed by atoms with E-state index in [4.69, 9.17) is 21.1 Å². The van der Waals surface area contributed by atoms with Crippen LogP contribution in [-0.2, 0) is 12.8 Å². The van der Waals surface area contributed by atoms with Gasteiger partial charge in [0.1, 0.15) is 17.2 Å². The van der Waals surface area contributed by atoms with Gasteiger partial charge >= 0.3 is 6.09 Å². The van der Waals surface area contributed by atoms with E-state index in [1.54, 1.807) is 42.5 Å². The number of carboxylic acid groups (broad SMARTS) is 1. The highest BCUT2D eigenvalue weighted by Gasteiger charge is 2.30. The van der Waals surface area contributed by atoms with E-state index >= 15 is 0 Å². The molecule has 2 N–H and O–H groups in total. The Morgan fingerprint density at radius 3 is 2.51 bits per heavy atom. The minimum Gasteiger partial charge on any atom is -0.496 e. The molecule has 3 aromatic carbocycles. The summed E-state index contributed by atoms with van der Waals surface area (Å²) in [5.74, 6) is 1.56. The number of hydrogen-bond acceptors (Lipinski definition) is 5. The molecule has 1 aliphatic carbocycles. The fraction of sp³-hybridized carbons (Fsp3) is 0.259. The highest BCUT2D eigenvalue weighted by Crippen LogP contribution is 2.32. The molecule has 0 heterocycles. The average molecular weight is 496 g/mol. The summed E-state index contributed by atoms with van der Waals surface area (Å²) in [6.45, 7) is -0.0342. The Balaban J connectivity index is 1.49. The predicted octanol–water partition coefficient (Wildman–Crippen LogP) is 5.52. The molecule has 182 valence electrons. The molecule has 0 spiro atoms. The highest BCUT2D eigenvalue weighted by molar-refractivity contribution is 6.30. The average Bonchev–Trinajstić information content (AvgIpc) is 2.86. The maximum Gasteiger partial charge on any atom is 0.407 e. The Kier molecular flexibility index (Phi) is 7.58. The van der Waals surface area contributed by atoms with Crippen molar-refractivity contribution in [3.63, 3.8) is 0 Å². The van der Waals surface area contributed by atoms with Crippen LogP contribution in [0.15, 0.2) is 60.7 Å². The number of benzene rings is 3. The van der Waals surface area contributed by atoms with E-state index in [2.05, 4.69) is 0 Å². The zero-order valence-corrected chi connectivity index (χ0v) is 19.9. The second kappa shape index (κ2) is 10.8. The van der Waals surface area contributed by atoms with Gasteiger partial charge < -0.3 is 24.6 Å². The van der Waals surface area contributed by atoms with Crippen LogP contribution in [0.25, 0.3) is 0 Å². The van der Waals surface area contributed by atoms with Gasteiger partial charge in [0.25, 0.3) is 0 Å². The van der Waals surface area contributed by atoms with Gasteiger partial charge in [-0.3, -0.25) is 4.79 Å². The van der Waals surface area contributed by atoms with Gasteiger partial charge in [-0.1, -0.05) is 29.8 Å². The van der Waals surface area contributed by atoms with Gasteiger partial charge in [-0.2, -0.15) is 0 Å². The molecular formula is C27H26ClNO6. The van der Waals surface area contributed by atoms with Crippen LogP contribution >= 0.6 is 11.6 Å². The molecule has 2 atom stereocenters. The number of rotatable bonds is 8. The van der Waals surface area contributed by atoms with Gasteiger partial charge in [0.15, 0.2) is 6.29 Å². The molecule has 0 fully saturated rings. The van der Waals surface area contributed by atoms with Gasteiger partial charge in [-0.15, -0.1) is 0 Å². The first-order chi connectivity index (χ1) is 16.9. The van der Waals surface area contributed by atoms with Crippen molar-refractivity contribution in [1.82, 2.24) is 4.90 Å². The molecule has 1 amide bonds. The van der Waals surface area contributed by atoms with Crippen molar-refractivity contribution in [3.8, 4) is 17.2 Å². The summed E-state index contributed by atoms with van der Waals surface area (Å²) in [5, 5.41) is 21.1. The molecule has 0 unspecified atom stereocenters. The lowest BCUT2D eigenvalue weighted by Gasteiger charge is -2.34. The molecular weight excluding hydrogens is 470 g/mol. The molecule has 8 heteroatoms. The number of hydrogen-bond donors (Lipinski definition) is 2. The van der Waals surface area contributed by atoms with Crippen LogP contribution in [0.1, 0.15) is 39.6 Å². The Hall–Kier alpha value is -3.55. The lowest BCUT2D eigenvalue weighted by molar-refractivity contribution is 0.0727. The second-order valence-electron chi connectivity index (χ2n) is 8.45. The molecule has 0 aliphatic heterocycles. The first-order valence-corrected chi connectivity index (χ1v) is 11.6. The fourth-order valence-corrected chi connectivity index (χ4v) is 4.53. The maximum absolute atomic E-state index is 12.1. The SMILES string of the molecule is COc1ccc(Oc2ccc3c(c2)C[C@@H](N(C[C@H](O)c2ccc(Cl)cc2)C(=O)O)CC3)cc1C=O. The predicted molar refractivity (Wildman–Crippen MR) is 132 cm³/mol. The third-order valence-electron chi connectivity index (χ3n) is 6.25. The summed E-state index contributed by atoms with van der Waals surface area (Å²) in [7, 11) is 1.50. The lowest BCUT2D eigenvalue weighted by Crippen LogP contribution is -2.44. The van der Waals surface area contributed by atoms with Gasteiger partial charge in [-0.25, -0.2) is 4.79 Å². The van der Waals surface area contributed by atoms with Crippen molar-refractivity contribution in [1.29, 1.82) is 0 Å². The van der Waals surface area contributed by atoms with E-state index in [-0.39, 0.29) is 12.6 Å². The fourth-order valence-electron chi connectivity index (χ4n) is 4.41. The van der Waals surface area contributed by atoms with Crippen LogP contribution in [-0.4, -0.2) is 47.2 Å². The minimum absolute atomic E-state index is 0.0342. The zero-order valence-electron chi connectivity index (χ0n) is 19.2. The van der Waals surface area contributed by atoms with Crippen molar-refractivity contribution in [2.24, 2.45) is 0 Å². The lowest BCUT2D eigenvalue weighted by atomic mass is 9.87. The molecule has 4 rings (SSSR count). The molecule has 7 nitrogen and oxygen atoms in total. The Labute approximate surface area is 208 Å². The van der Waals surface area contributed by atoms with Crippen molar-refractivity contribution < 1.29 is 29.3 Å². The number of aldehydes is 1. The smallest absolute Gasteiger partial charge is 0.407 e. The number of ether oxygens (including phenoxy) is 2. The molecule has 35 heavy (non-hydrogen) atoms. The van der Waals surface area contributed by atoms with E-state index in [9.17, 15) is 19.8 Å². The van der Waals surface area contributed by atoms with Crippen molar-refractivity contribution in [2.75, 3.05) is 13.7 Å². The number of methoxy groups -OCH3 is 1. The topological polar surface area (TPSA) is 96.3 Å². The summed E-state index contributed by atoms with van der Waals surface area (Å²) < 4.78 is 11.1. The molecule has 0 radical (unpaired) electrons. The van der Waals surface area contributed by atoms with E-state index in [1.807, 2.05) is 18.2 Å². The van der Waals surface area contributed by atoms with Gasteiger partial charge in [0.05, 0.1) is 25.3 Å². The molecule has 0 saturated carbocycles. The molecule has 0 bridgehead atoms. The summed E-state index contributed by atoms with van der Waals surface area (Å²) in [5.41, 5.74) is 3.14. The third-order valence-corrected chi connectivity index (χ3v) is 6.51. The number of nitrogens with zero attached hydrogens (tertiary/aromatic N) is 1. The summed E-state index contributed by atoms with van der Waals surface area (Å²) in [6.07, 6.45) is 0.573. The third kappa shape index (κ3) is 5.75. The molecule has 3 aromatic rings. The Morgan fingerprint density at radius 2 is 1.83 bits per heavy atom. The normalized spacial score (nSPS) is 15.6. The number of fused-ring (bicyclic) bond motifs is 1. The number of aliphatic hydroxyl groups excluding tert-OH is 1. The number of aryl methyl sites for hydroxylation is 1. The van der Waals surface area contributed by atoms with Crippen molar-refractivity contribution in [3.05, 3.63) is 87.9 Å². The van der Waals surface area contributed by atoms with Crippen LogP contribution in [0.3, 0.4) is 0 Å². The van der Waals surface area contributed by atoms with Gasteiger partial charge in [-0.05, 0) is 78.4 Å². The maximum atomic E-state index is 12.1. The molecule has 0 saturated heterocycles. The Bertz CT molecular complexity index is 1210. The summed E-state index contributed by atoms with van der Waals surface area (Å²) in [4.78, 5) is 24.7. The van der Waals surface area contributed by atoms with E-state index in [0.717, 1.165) is 17.5 Å². The van der Waals surface area contributed by atoms with Crippen molar-refractivity contribution in [2.45, 2.75) is 31.4 Å². The largest absolute Gasteiger partial charge is 0.496 e. The zero-order chi connectivity index (χ0) is 24.9.